The Bertz CT molecular complexity index is 1150. The first-order valence-corrected chi connectivity index (χ1v) is 9.43. The van der Waals surface area contributed by atoms with Crippen molar-refractivity contribution in [1.82, 2.24) is 9.55 Å². The van der Waals surface area contributed by atoms with E-state index in [1.54, 1.807) is 0 Å². The second-order valence-corrected chi connectivity index (χ2v) is 6.96. The van der Waals surface area contributed by atoms with Crippen molar-refractivity contribution in [3.8, 4) is 0 Å². The van der Waals surface area contributed by atoms with Crippen molar-refractivity contribution in [2.75, 3.05) is 16.8 Å². The Hall–Kier alpha value is -3.60. The van der Waals surface area contributed by atoms with E-state index in [2.05, 4.69) is 39.0 Å². The van der Waals surface area contributed by atoms with Gasteiger partial charge in [-0.1, -0.05) is 36.4 Å². The molecule has 0 fully saturated rings. The summed E-state index contributed by atoms with van der Waals surface area (Å²) in [6, 6.07) is 25.5. The molecular weight excluding hydrogens is 348 g/mol. The minimum atomic E-state index is -0.0989. The largest absolute Gasteiger partial charge is 0.362 e. The quantitative estimate of drug-likeness (QED) is 0.586. The molecular formula is C23H20N4O. The molecule has 0 unspecified atom stereocenters. The lowest BCUT2D eigenvalue weighted by Gasteiger charge is -2.30. The number of hydrogen-bond acceptors (Lipinski definition) is 3. The van der Waals surface area contributed by atoms with Crippen LogP contribution in [-0.4, -0.2) is 22.0 Å². The molecule has 0 aliphatic carbocycles. The topological polar surface area (TPSA) is 50.2 Å². The van der Waals surface area contributed by atoms with Crippen LogP contribution in [0.15, 0.2) is 78.9 Å². The minimum absolute atomic E-state index is 0.0989. The van der Waals surface area contributed by atoms with E-state index in [1.165, 1.54) is 5.52 Å². The molecule has 0 radical (unpaired) electrons. The van der Waals surface area contributed by atoms with Crippen molar-refractivity contribution >= 4 is 28.3 Å². The van der Waals surface area contributed by atoms with Gasteiger partial charge in [0, 0.05) is 30.0 Å². The first kappa shape index (κ1) is 16.6. The highest BCUT2D eigenvalue weighted by molar-refractivity contribution is 6.04. The molecule has 1 aromatic heterocycles. The fourth-order valence-electron chi connectivity index (χ4n) is 3.76. The third-order valence-corrected chi connectivity index (χ3v) is 5.16. The second kappa shape index (κ2) is 6.85. The van der Waals surface area contributed by atoms with Crippen molar-refractivity contribution in [3.63, 3.8) is 0 Å². The zero-order valence-corrected chi connectivity index (χ0v) is 15.4. The zero-order chi connectivity index (χ0) is 18.9. The molecule has 138 valence electrons. The number of anilines is 2. The summed E-state index contributed by atoms with van der Waals surface area (Å²) in [6.07, 6.45) is 0. The van der Waals surface area contributed by atoms with E-state index in [4.69, 9.17) is 4.98 Å². The Morgan fingerprint density at radius 3 is 2.61 bits per heavy atom. The van der Waals surface area contributed by atoms with E-state index in [0.717, 1.165) is 42.4 Å². The van der Waals surface area contributed by atoms with Gasteiger partial charge >= 0.3 is 0 Å². The highest BCUT2D eigenvalue weighted by Crippen LogP contribution is 2.26. The fourth-order valence-corrected chi connectivity index (χ4v) is 3.76. The maximum absolute atomic E-state index is 12.4. The van der Waals surface area contributed by atoms with Gasteiger partial charge in [0.05, 0.1) is 17.6 Å². The number of nitrogens with zero attached hydrogens (tertiary/aromatic N) is 3. The van der Waals surface area contributed by atoms with Crippen LogP contribution in [0.1, 0.15) is 16.2 Å². The summed E-state index contributed by atoms with van der Waals surface area (Å²) in [4.78, 5) is 19.5. The average Bonchev–Trinajstić information content (AvgIpc) is 3.12. The van der Waals surface area contributed by atoms with E-state index in [9.17, 15) is 4.79 Å². The molecule has 0 atom stereocenters. The third-order valence-electron chi connectivity index (χ3n) is 5.16. The molecule has 0 saturated heterocycles. The van der Waals surface area contributed by atoms with Gasteiger partial charge in [0.25, 0.3) is 5.91 Å². The van der Waals surface area contributed by atoms with Gasteiger partial charge in [-0.15, -0.1) is 0 Å². The van der Waals surface area contributed by atoms with Crippen molar-refractivity contribution in [2.24, 2.45) is 0 Å². The molecule has 0 bridgehead atoms. The van der Waals surface area contributed by atoms with Crippen LogP contribution in [-0.2, 0) is 13.1 Å². The van der Waals surface area contributed by atoms with Crippen LogP contribution < -0.4 is 10.2 Å². The average molecular weight is 368 g/mol. The fraction of sp³-hybridized carbons (Fsp3) is 0.130. The van der Waals surface area contributed by atoms with Crippen LogP contribution in [0.25, 0.3) is 11.0 Å². The normalized spacial score (nSPS) is 13.4. The number of carbonyl (C=O) groups is 1. The monoisotopic (exact) mass is 368 g/mol. The maximum atomic E-state index is 12.4. The van der Waals surface area contributed by atoms with Gasteiger partial charge in [-0.05, 0) is 42.5 Å². The van der Waals surface area contributed by atoms with Crippen LogP contribution >= 0.6 is 0 Å². The van der Waals surface area contributed by atoms with Gasteiger partial charge in [-0.3, -0.25) is 4.79 Å². The molecule has 2 heterocycles. The Morgan fingerprint density at radius 1 is 0.893 bits per heavy atom. The van der Waals surface area contributed by atoms with Gasteiger partial charge in [0.15, 0.2) is 0 Å². The Balaban J connectivity index is 1.37. The number of carbonyl (C=O) groups excluding carboxylic acids is 1. The van der Waals surface area contributed by atoms with E-state index in [1.807, 2.05) is 54.6 Å². The summed E-state index contributed by atoms with van der Waals surface area (Å²) in [5.41, 5.74) is 4.78. The smallest absolute Gasteiger partial charge is 0.255 e. The molecule has 5 nitrogen and oxygen atoms in total. The second-order valence-electron chi connectivity index (χ2n) is 6.96. The van der Waals surface area contributed by atoms with Gasteiger partial charge < -0.3 is 14.8 Å². The first-order valence-electron chi connectivity index (χ1n) is 9.43. The Morgan fingerprint density at radius 2 is 1.71 bits per heavy atom. The van der Waals surface area contributed by atoms with Crippen LogP contribution in [0.3, 0.4) is 0 Å². The highest BCUT2D eigenvalue weighted by Gasteiger charge is 2.20. The van der Waals surface area contributed by atoms with Crippen LogP contribution in [0.4, 0.5) is 11.4 Å². The van der Waals surface area contributed by atoms with Crippen molar-refractivity contribution in [3.05, 3.63) is 90.3 Å². The van der Waals surface area contributed by atoms with E-state index in [0.29, 0.717) is 5.56 Å². The summed E-state index contributed by atoms with van der Waals surface area (Å²) >= 11 is 0. The molecule has 3 aromatic carbocycles. The number of rotatable bonds is 3. The third kappa shape index (κ3) is 3.01. The number of para-hydroxylation sites is 2. The van der Waals surface area contributed by atoms with Gasteiger partial charge in [0.2, 0.25) is 0 Å². The highest BCUT2D eigenvalue weighted by atomic mass is 16.1. The van der Waals surface area contributed by atoms with Crippen LogP contribution in [0, 0.1) is 0 Å². The molecule has 5 rings (SSSR count). The minimum Gasteiger partial charge on any atom is -0.362 e. The van der Waals surface area contributed by atoms with E-state index < -0.39 is 0 Å². The SMILES string of the molecule is O=C(Nc1cccc(N2CCn3c(nc4ccccc43)C2)c1)c1ccccc1. The number of aromatic nitrogens is 2. The number of amides is 1. The first-order chi connectivity index (χ1) is 13.8. The molecule has 0 saturated carbocycles. The van der Waals surface area contributed by atoms with Gasteiger partial charge in [-0.2, -0.15) is 0 Å². The van der Waals surface area contributed by atoms with Gasteiger partial charge in [-0.25, -0.2) is 4.98 Å². The van der Waals surface area contributed by atoms with Crippen molar-refractivity contribution in [2.45, 2.75) is 13.1 Å². The number of benzene rings is 3. The predicted molar refractivity (Wildman–Crippen MR) is 112 cm³/mol. The molecule has 5 heteroatoms. The lowest BCUT2D eigenvalue weighted by atomic mass is 10.2. The predicted octanol–water partition coefficient (Wildman–Crippen LogP) is 4.31. The molecule has 1 N–H and O–H groups in total. The Kier molecular flexibility index (Phi) is 4.05. The number of hydrogen-bond donors (Lipinski definition) is 1. The van der Waals surface area contributed by atoms with E-state index >= 15 is 0 Å². The van der Waals surface area contributed by atoms with Crippen LogP contribution in [0.5, 0.6) is 0 Å². The molecule has 28 heavy (non-hydrogen) atoms. The van der Waals surface area contributed by atoms with Crippen LogP contribution in [0.2, 0.25) is 0 Å². The summed E-state index contributed by atoms with van der Waals surface area (Å²) in [5.74, 6) is 0.976. The Labute approximate surface area is 163 Å². The zero-order valence-electron chi connectivity index (χ0n) is 15.4. The summed E-state index contributed by atoms with van der Waals surface area (Å²) in [7, 11) is 0. The summed E-state index contributed by atoms with van der Waals surface area (Å²) < 4.78 is 2.30. The summed E-state index contributed by atoms with van der Waals surface area (Å²) in [5, 5.41) is 2.99. The van der Waals surface area contributed by atoms with E-state index in [-0.39, 0.29) is 5.91 Å². The maximum Gasteiger partial charge on any atom is 0.255 e. The standard InChI is InChI=1S/C23H20N4O/c28-23(17-7-2-1-3-8-17)24-18-9-6-10-19(15-18)26-13-14-27-21-12-5-4-11-20(21)25-22(27)16-26/h1-12,15H,13-14,16H2,(H,24,28). The summed E-state index contributed by atoms with van der Waals surface area (Å²) in [6.45, 7) is 2.56. The lowest BCUT2D eigenvalue weighted by Crippen LogP contribution is -2.33. The molecule has 1 aliphatic rings. The molecule has 0 spiro atoms. The lowest BCUT2D eigenvalue weighted by molar-refractivity contribution is 0.102. The molecule has 1 amide bonds. The number of imidazole rings is 1. The molecule has 1 aliphatic heterocycles. The number of fused-ring (bicyclic) bond motifs is 3. The number of nitrogens with one attached hydrogen (secondary N) is 1. The molecule has 4 aromatic rings. The van der Waals surface area contributed by atoms with Gasteiger partial charge in [0.1, 0.15) is 5.82 Å². The van der Waals surface area contributed by atoms with Crippen molar-refractivity contribution < 1.29 is 4.79 Å². The van der Waals surface area contributed by atoms with Crippen molar-refractivity contribution in [1.29, 1.82) is 0 Å².